The van der Waals surface area contributed by atoms with Gasteiger partial charge < -0.3 is 14.4 Å². The second kappa shape index (κ2) is 6.79. The molecule has 0 spiro atoms. The monoisotopic (exact) mass is 323 g/mol. The summed E-state index contributed by atoms with van der Waals surface area (Å²) < 4.78 is 5.89. The molecule has 0 bridgehead atoms. The molecule has 3 aromatic rings. The number of likely N-dealkylation sites (N-methyl/N-ethyl adjacent to an activating group) is 1. The van der Waals surface area contributed by atoms with Crippen molar-refractivity contribution < 1.29 is 14.3 Å². The number of carbonyl (C=O) groups is 1. The Morgan fingerprint density at radius 3 is 2.54 bits per heavy atom. The highest BCUT2D eigenvalue weighted by Gasteiger charge is 2.17. The van der Waals surface area contributed by atoms with Crippen LogP contribution in [0.25, 0.3) is 11.0 Å². The summed E-state index contributed by atoms with van der Waals surface area (Å²) in [6, 6.07) is 14.7. The quantitative estimate of drug-likeness (QED) is 0.775. The third kappa shape index (κ3) is 3.27. The predicted octanol–water partition coefficient (Wildman–Crippen LogP) is 3.90. The van der Waals surface area contributed by atoms with Gasteiger partial charge >= 0.3 is 0 Å². The summed E-state index contributed by atoms with van der Waals surface area (Å²) in [6.45, 7) is 2.58. The number of phenols is 1. The van der Waals surface area contributed by atoms with Gasteiger partial charge in [0, 0.05) is 31.0 Å². The maximum Gasteiger partial charge on any atom is 0.227 e. The summed E-state index contributed by atoms with van der Waals surface area (Å²) in [7, 11) is 1.81. The molecule has 4 heteroatoms. The van der Waals surface area contributed by atoms with Gasteiger partial charge in [-0.15, -0.1) is 0 Å². The Kier molecular flexibility index (Phi) is 4.56. The molecule has 0 saturated heterocycles. The zero-order valence-electron chi connectivity index (χ0n) is 14.0. The van der Waals surface area contributed by atoms with E-state index < -0.39 is 0 Å². The molecule has 1 amide bonds. The maximum absolute atomic E-state index is 12.5. The number of carbonyl (C=O) groups excluding carboxylic acids is 1. The number of nitrogens with zero attached hydrogens (tertiary/aromatic N) is 1. The first-order chi connectivity index (χ1) is 11.6. The Balaban J connectivity index is 1.77. The minimum Gasteiger partial charge on any atom is -0.508 e. The number of fused-ring (bicyclic) bond motifs is 1. The normalized spacial score (nSPS) is 10.9. The smallest absolute Gasteiger partial charge is 0.227 e. The van der Waals surface area contributed by atoms with E-state index in [0.717, 1.165) is 34.3 Å². The number of para-hydroxylation sites is 1. The van der Waals surface area contributed by atoms with E-state index in [1.807, 2.05) is 31.3 Å². The lowest BCUT2D eigenvalue weighted by Gasteiger charge is -2.17. The molecule has 4 nitrogen and oxygen atoms in total. The van der Waals surface area contributed by atoms with Gasteiger partial charge in [-0.25, -0.2) is 0 Å². The predicted molar refractivity (Wildman–Crippen MR) is 93.9 cm³/mol. The third-order valence-electron chi connectivity index (χ3n) is 4.22. The minimum absolute atomic E-state index is 0.0352. The molecule has 1 N–H and O–H groups in total. The maximum atomic E-state index is 12.5. The molecule has 2 aromatic carbocycles. The number of hydrogen-bond donors (Lipinski definition) is 1. The molecule has 1 aromatic heterocycles. The van der Waals surface area contributed by atoms with Crippen molar-refractivity contribution >= 4 is 16.9 Å². The molecule has 3 rings (SSSR count). The average Bonchev–Trinajstić information content (AvgIpc) is 2.94. The fraction of sp³-hybridized carbons (Fsp3) is 0.250. The van der Waals surface area contributed by atoms with Gasteiger partial charge in [-0.3, -0.25) is 4.79 Å². The Hall–Kier alpha value is -2.75. The minimum atomic E-state index is 0.0352. The van der Waals surface area contributed by atoms with Crippen molar-refractivity contribution in [3.63, 3.8) is 0 Å². The number of aromatic hydroxyl groups is 1. The Bertz CT molecular complexity index is 849. The molecule has 0 aliphatic carbocycles. The number of phenolic OH excluding ortho intramolecular Hbond substituents is 1. The summed E-state index contributed by atoms with van der Waals surface area (Å²) in [5.74, 6) is 1.17. The molecule has 0 radical (unpaired) electrons. The van der Waals surface area contributed by atoms with E-state index in [2.05, 4.69) is 6.92 Å². The van der Waals surface area contributed by atoms with Crippen LogP contribution in [0.5, 0.6) is 5.75 Å². The van der Waals surface area contributed by atoms with Crippen molar-refractivity contribution in [1.82, 2.24) is 4.90 Å². The van der Waals surface area contributed by atoms with Crippen molar-refractivity contribution in [2.24, 2.45) is 0 Å². The van der Waals surface area contributed by atoms with E-state index in [1.54, 1.807) is 29.2 Å². The molecule has 0 unspecified atom stereocenters. The van der Waals surface area contributed by atoms with Gasteiger partial charge in [0.25, 0.3) is 0 Å². The van der Waals surface area contributed by atoms with E-state index in [9.17, 15) is 9.90 Å². The lowest BCUT2D eigenvalue weighted by atomic mass is 10.1. The number of rotatable bonds is 5. The topological polar surface area (TPSA) is 53.7 Å². The molecule has 0 fully saturated rings. The highest BCUT2D eigenvalue weighted by molar-refractivity contribution is 5.83. The van der Waals surface area contributed by atoms with Crippen LogP contribution in [0.1, 0.15) is 23.8 Å². The second-order valence-corrected chi connectivity index (χ2v) is 5.95. The van der Waals surface area contributed by atoms with Crippen LogP contribution in [0.3, 0.4) is 0 Å². The first-order valence-electron chi connectivity index (χ1n) is 8.09. The van der Waals surface area contributed by atoms with Crippen LogP contribution in [0.2, 0.25) is 0 Å². The van der Waals surface area contributed by atoms with Crippen LogP contribution in [0.15, 0.2) is 52.9 Å². The molecule has 0 atom stereocenters. The number of amides is 1. The molecular weight excluding hydrogens is 302 g/mol. The average molecular weight is 323 g/mol. The van der Waals surface area contributed by atoms with Gasteiger partial charge in [-0.1, -0.05) is 37.3 Å². The first-order valence-corrected chi connectivity index (χ1v) is 8.09. The van der Waals surface area contributed by atoms with Crippen LogP contribution < -0.4 is 0 Å². The van der Waals surface area contributed by atoms with Crippen LogP contribution in [-0.4, -0.2) is 23.0 Å². The number of hydrogen-bond acceptors (Lipinski definition) is 3. The van der Waals surface area contributed by atoms with Crippen LogP contribution >= 0.6 is 0 Å². The summed E-state index contributed by atoms with van der Waals surface area (Å²) >= 11 is 0. The van der Waals surface area contributed by atoms with Gasteiger partial charge in [-0.2, -0.15) is 0 Å². The third-order valence-corrected chi connectivity index (χ3v) is 4.22. The zero-order chi connectivity index (χ0) is 17.1. The molecule has 124 valence electrons. The van der Waals surface area contributed by atoms with Gasteiger partial charge in [0.15, 0.2) is 0 Å². The molecule has 0 aliphatic heterocycles. The van der Waals surface area contributed by atoms with Crippen molar-refractivity contribution in [2.75, 3.05) is 7.05 Å². The van der Waals surface area contributed by atoms with E-state index in [-0.39, 0.29) is 11.7 Å². The highest BCUT2D eigenvalue weighted by atomic mass is 16.3. The van der Waals surface area contributed by atoms with Gasteiger partial charge in [-0.05, 0) is 23.8 Å². The Morgan fingerprint density at radius 1 is 1.12 bits per heavy atom. The molecule has 0 aliphatic rings. The molecule has 0 saturated carbocycles. The van der Waals surface area contributed by atoms with Crippen molar-refractivity contribution in [1.29, 1.82) is 0 Å². The van der Waals surface area contributed by atoms with Gasteiger partial charge in [0.2, 0.25) is 5.91 Å². The van der Waals surface area contributed by atoms with Crippen molar-refractivity contribution in [3.8, 4) is 5.75 Å². The van der Waals surface area contributed by atoms with Crippen LogP contribution in [-0.2, 0) is 24.2 Å². The lowest BCUT2D eigenvalue weighted by molar-refractivity contribution is -0.129. The van der Waals surface area contributed by atoms with E-state index in [1.165, 1.54) is 0 Å². The van der Waals surface area contributed by atoms with E-state index >= 15 is 0 Å². The second-order valence-electron chi connectivity index (χ2n) is 5.95. The standard InChI is InChI=1S/C20H21NO3/c1-3-18-17(16-6-4-5-7-19(16)24-18)13-21(2)20(23)12-14-8-10-15(22)11-9-14/h4-11,22H,3,12-13H2,1-2H3. The lowest BCUT2D eigenvalue weighted by Crippen LogP contribution is -2.28. The molecule has 24 heavy (non-hydrogen) atoms. The van der Waals surface area contributed by atoms with Gasteiger partial charge in [0.1, 0.15) is 17.1 Å². The highest BCUT2D eigenvalue weighted by Crippen LogP contribution is 2.27. The van der Waals surface area contributed by atoms with E-state index in [0.29, 0.717) is 13.0 Å². The fourth-order valence-corrected chi connectivity index (χ4v) is 2.86. The summed E-state index contributed by atoms with van der Waals surface area (Å²) in [6.07, 6.45) is 1.11. The summed E-state index contributed by atoms with van der Waals surface area (Å²) in [4.78, 5) is 14.2. The number of furan rings is 1. The van der Waals surface area contributed by atoms with Crippen molar-refractivity contribution in [2.45, 2.75) is 26.3 Å². The zero-order valence-corrected chi connectivity index (χ0v) is 14.0. The van der Waals surface area contributed by atoms with E-state index in [4.69, 9.17) is 4.42 Å². The van der Waals surface area contributed by atoms with Crippen LogP contribution in [0.4, 0.5) is 0 Å². The Morgan fingerprint density at radius 2 is 1.83 bits per heavy atom. The summed E-state index contributed by atoms with van der Waals surface area (Å²) in [5, 5.41) is 10.4. The number of benzene rings is 2. The molecular formula is C20H21NO3. The fourth-order valence-electron chi connectivity index (χ4n) is 2.86. The summed E-state index contributed by atoms with van der Waals surface area (Å²) in [5.41, 5.74) is 2.83. The molecule has 1 heterocycles. The van der Waals surface area contributed by atoms with Gasteiger partial charge in [0.05, 0.1) is 6.42 Å². The largest absolute Gasteiger partial charge is 0.508 e. The Labute approximate surface area is 141 Å². The van der Waals surface area contributed by atoms with Crippen LogP contribution in [0, 0.1) is 0 Å². The number of aryl methyl sites for hydroxylation is 1. The first kappa shape index (κ1) is 16.1. The SMILES string of the molecule is CCc1oc2ccccc2c1CN(C)C(=O)Cc1ccc(O)cc1. The van der Waals surface area contributed by atoms with Crippen molar-refractivity contribution in [3.05, 3.63) is 65.4 Å².